The minimum Gasteiger partial charge on any atom is -0.459 e. The smallest absolute Gasteiger partial charge is 0.302 e. The Morgan fingerprint density at radius 2 is 1.11 bits per heavy atom. The molecule has 0 bridgehead atoms. The second-order valence-electron chi connectivity index (χ2n) is 28.2. The van der Waals surface area contributed by atoms with E-state index in [0.29, 0.717) is 49.9 Å². The van der Waals surface area contributed by atoms with Crippen LogP contribution in [0.25, 0.3) is 0 Å². The normalized spacial score (nSPS) is 51.9. The van der Waals surface area contributed by atoms with Crippen molar-refractivity contribution in [2.75, 3.05) is 42.2 Å². The molecule has 10 fully saturated rings. The molecule has 0 radical (unpaired) electrons. The van der Waals surface area contributed by atoms with Gasteiger partial charge in [0.05, 0.1) is 85.0 Å². The van der Waals surface area contributed by atoms with Crippen molar-refractivity contribution in [1.82, 2.24) is 0 Å². The number of hydrogen-bond donors (Lipinski definition) is 2. The standard InChI is InChI=1S/C65H106O23/c1-32-56(73-15)49(81-39(8)66)29-55(75-32)84-59-35(4)77-53(26-46(59)70-12)82-57-33(2)76-52(25-45(57)69-11)83-58-34(3)78-54(27-47(58)71-13)85-60-37(6)86-64(30-50(60)72-14)31-74-48-28-51(79-36(5)61(48)87-88-64)80-38(7)65(68)23-20-44-42-17-16-40-24-41(67)18-21-62(40,9)43(42)19-22-63(44,65)10/h16,32-38,41-61,67-68H,17-31H2,1-15H3/t32-,33-,34-,35-,36-,37-,38+,41+,42-,43+,44+,45+,46+,47+,48-,49+,50-,51+,52+,53+,54+,55+,56+,57-,58-,59-,60-,61-,62+,63+,64+,65+/m1/s1. The number of allylic oxidation sites excluding steroid dienone is 1. The van der Waals surface area contributed by atoms with Crippen LogP contribution in [0.15, 0.2) is 11.6 Å². The van der Waals surface area contributed by atoms with E-state index in [1.807, 2.05) is 48.5 Å². The maximum Gasteiger partial charge on any atom is 0.302 e. The third-order valence-corrected chi connectivity index (χ3v) is 23.0. The zero-order chi connectivity index (χ0) is 62.8. The van der Waals surface area contributed by atoms with Crippen LogP contribution in [-0.2, 0) is 99.8 Å². The number of carbonyl (C=O) groups excluding carboxylic acids is 1. The number of carbonyl (C=O) groups is 1. The lowest BCUT2D eigenvalue weighted by molar-refractivity contribution is -0.472. The lowest BCUT2D eigenvalue weighted by Crippen LogP contribution is -2.60. The van der Waals surface area contributed by atoms with Crippen molar-refractivity contribution in [3.8, 4) is 0 Å². The van der Waals surface area contributed by atoms with E-state index in [2.05, 4.69) is 19.9 Å². The first kappa shape index (κ1) is 67.8. The maximum absolute atomic E-state index is 12.8. The number of aliphatic hydroxyl groups is 2. The van der Waals surface area contributed by atoms with Crippen LogP contribution in [0.4, 0.5) is 0 Å². The molecule has 504 valence electrons. The van der Waals surface area contributed by atoms with E-state index < -0.39 is 159 Å². The van der Waals surface area contributed by atoms with Gasteiger partial charge >= 0.3 is 5.97 Å². The molecule has 2 N–H and O–H groups in total. The van der Waals surface area contributed by atoms with Crippen LogP contribution in [-0.4, -0.2) is 223 Å². The molecule has 0 amide bonds. The summed E-state index contributed by atoms with van der Waals surface area (Å²) in [6.07, 6.45) is -0.910. The summed E-state index contributed by atoms with van der Waals surface area (Å²) in [5, 5.41) is 23.4. The zero-order valence-electron chi connectivity index (χ0n) is 54.8. The van der Waals surface area contributed by atoms with Gasteiger partial charge in [-0.05, 0) is 123 Å². The number of methoxy groups -OCH3 is 5. The highest BCUT2D eigenvalue weighted by Gasteiger charge is 2.66. The van der Waals surface area contributed by atoms with Crippen molar-refractivity contribution < 1.29 is 110 Å². The lowest BCUT2D eigenvalue weighted by Gasteiger charge is -2.59. The highest BCUT2D eigenvalue weighted by molar-refractivity contribution is 5.66. The van der Waals surface area contributed by atoms with E-state index in [1.165, 1.54) is 12.5 Å². The van der Waals surface area contributed by atoms with Crippen molar-refractivity contribution in [2.45, 2.75) is 324 Å². The summed E-state index contributed by atoms with van der Waals surface area (Å²) < 4.78 is 114. The van der Waals surface area contributed by atoms with E-state index in [0.717, 1.165) is 44.9 Å². The summed E-state index contributed by atoms with van der Waals surface area (Å²) in [5.74, 6) is -0.258. The molecular formula is C65H106O23. The molecule has 88 heavy (non-hydrogen) atoms. The minimum atomic E-state index is -1.31. The molecule has 23 heteroatoms. The Bertz CT molecular complexity index is 2350. The molecule has 7 saturated heterocycles. The van der Waals surface area contributed by atoms with E-state index in [1.54, 1.807) is 35.5 Å². The quantitative estimate of drug-likeness (QED) is 0.0856. The molecule has 0 aromatic rings. The summed E-state index contributed by atoms with van der Waals surface area (Å²) in [6, 6.07) is 0. The third-order valence-electron chi connectivity index (χ3n) is 23.0. The van der Waals surface area contributed by atoms with E-state index in [4.69, 9.17) is 95.0 Å². The van der Waals surface area contributed by atoms with Gasteiger partial charge in [0.15, 0.2) is 31.5 Å². The molecule has 32 atom stereocenters. The largest absolute Gasteiger partial charge is 0.459 e. The summed E-state index contributed by atoms with van der Waals surface area (Å²) in [6.45, 7) is 19.7. The highest BCUT2D eigenvalue weighted by atomic mass is 17.2. The van der Waals surface area contributed by atoms with Crippen LogP contribution in [0.1, 0.15) is 159 Å². The average Bonchev–Trinajstić information content (AvgIpc) is 1.45. The fourth-order valence-corrected chi connectivity index (χ4v) is 18.2. The van der Waals surface area contributed by atoms with Gasteiger partial charge in [0, 0.05) is 86.4 Å². The Labute approximate surface area is 520 Å². The van der Waals surface area contributed by atoms with Gasteiger partial charge in [0.2, 0.25) is 5.79 Å². The van der Waals surface area contributed by atoms with Gasteiger partial charge in [-0.1, -0.05) is 25.5 Å². The van der Waals surface area contributed by atoms with Crippen LogP contribution in [0.5, 0.6) is 0 Å². The molecule has 4 aliphatic carbocycles. The third kappa shape index (κ3) is 13.3. The molecule has 3 saturated carbocycles. The molecule has 23 nitrogen and oxygen atoms in total. The van der Waals surface area contributed by atoms with Crippen LogP contribution < -0.4 is 0 Å². The van der Waals surface area contributed by atoms with Crippen LogP contribution in [0, 0.1) is 28.6 Å². The van der Waals surface area contributed by atoms with Crippen molar-refractivity contribution in [1.29, 1.82) is 0 Å². The van der Waals surface area contributed by atoms with Crippen LogP contribution in [0.3, 0.4) is 0 Å². The molecule has 11 aliphatic rings. The Hall–Kier alpha value is -1.63. The summed E-state index contributed by atoms with van der Waals surface area (Å²) >= 11 is 0. The Morgan fingerprint density at radius 3 is 1.65 bits per heavy atom. The monoisotopic (exact) mass is 1250 g/mol. The molecule has 0 aromatic carbocycles. The van der Waals surface area contributed by atoms with E-state index in [9.17, 15) is 15.0 Å². The first-order valence-electron chi connectivity index (χ1n) is 33.1. The second-order valence-corrected chi connectivity index (χ2v) is 28.2. The topological polar surface area (TPSA) is 242 Å². The van der Waals surface area contributed by atoms with Crippen molar-refractivity contribution >= 4 is 5.97 Å². The summed E-state index contributed by atoms with van der Waals surface area (Å²) in [7, 11) is 8.13. The first-order valence-corrected chi connectivity index (χ1v) is 33.1. The molecule has 1 spiro atoms. The van der Waals surface area contributed by atoms with Gasteiger partial charge in [-0.25, -0.2) is 4.89 Å². The highest BCUT2D eigenvalue weighted by Crippen LogP contribution is 2.68. The molecular weight excluding hydrogens is 1150 g/mol. The fourth-order valence-electron chi connectivity index (χ4n) is 18.2. The van der Waals surface area contributed by atoms with Crippen molar-refractivity contribution in [2.24, 2.45) is 28.6 Å². The number of aliphatic hydroxyl groups excluding tert-OH is 1. The maximum atomic E-state index is 12.8. The average molecular weight is 1260 g/mol. The van der Waals surface area contributed by atoms with Crippen molar-refractivity contribution in [3.63, 3.8) is 0 Å². The minimum absolute atomic E-state index is 0.0631. The lowest BCUT2D eigenvalue weighted by atomic mass is 9.46. The Balaban J connectivity index is 0.648. The van der Waals surface area contributed by atoms with Crippen LogP contribution in [0.2, 0.25) is 0 Å². The molecule has 7 aliphatic heterocycles. The fraction of sp³-hybridized carbons (Fsp3) is 0.954. The van der Waals surface area contributed by atoms with Gasteiger partial charge in [-0.15, -0.1) is 0 Å². The Morgan fingerprint density at radius 1 is 0.602 bits per heavy atom. The van der Waals surface area contributed by atoms with Crippen LogP contribution >= 0.6 is 0 Å². The number of fused-ring (bicyclic) bond motifs is 6. The predicted octanol–water partition coefficient (Wildman–Crippen LogP) is 6.89. The zero-order valence-corrected chi connectivity index (χ0v) is 54.8. The van der Waals surface area contributed by atoms with Gasteiger partial charge < -0.3 is 95.5 Å². The predicted molar refractivity (Wildman–Crippen MR) is 311 cm³/mol. The molecule has 0 aromatic heterocycles. The number of ether oxygens (including phenoxy) is 18. The summed E-state index contributed by atoms with van der Waals surface area (Å²) in [4.78, 5) is 24.4. The van der Waals surface area contributed by atoms with E-state index in [-0.39, 0.29) is 42.5 Å². The molecule has 7 heterocycles. The number of rotatable bonds is 17. The number of hydrogen-bond acceptors (Lipinski definition) is 23. The summed E-state index contributed by atoms with van der Waals surface area (Å²) in [5.41, 5.74) is 0.251. The number of esters is 1. The van der Waals surface area contributed by atoms with Gasteiger partial charge in [0.25, 0.3) is 0 Å². The van der Waals surface area contributed by atoms with Gasteiger partial charge in [0.1, 0.15) is 49.3 Å². The first-order chi connectivity index (χ1) is 42.0. The SMILES string of the molecule is CO[C@@H]1[C@@H](OC(C)=O)C[C@H](O[C@H]2[C@@H](OC)C[C@H](O[C@H]3[C@@H](OC)C[C@H](O[C@H]4[C@@H](OC)C[C@H](O[C@@H]5[C@@H](C)O[C@@]6(CO[C@@H]7C[C@H](O[C@@H](C)[C@@]8(O)CC[C@H]9[C@@H]%10CC=C%11C[C@@H](O)CC[C@]%11(C)[C@H]%10CC[C@@]98C)O[C@H](C)[C@H]7OO6)C[C@H]5OC)O[C@@H]4C)O[C@@H]3C)O[C@@H]2C)O[C@@H]1C. The van der Waals surface area contributed by atoms with Gasteiger partial charge in [-0.3, -0.25) is 4.79 Å². The second kappa shape index (κ2) is 27.6. The molecule has 11 rings (SSSR count). The van der Waals surface area contributed by atoms with E-state index >= 15 is 0 Å². The Kier molecular flexibility index (Phi) is 21.3. The molecule has 0 unspecified atom stereocenters. The van der Waals surface area contributed by atoms with Crippen molar-refractivity contribution in [3.05, 3.63) is 11.6 Å². The van der Waals surface area contributed by atoms with Gasteiger partial charge in [-0.2, -0.15) is 4.89 Å².